The van der Waals surface area contributed by atoms with E-state index in [1.54, 1.807) is 11.3 Å². The molecule has 0 unspecified atom stereocenters. The third kappa shape index (κ3) is 4.45. The van der Waals surface area contributed by atoms with E-state index in [0.717, 1.165) is 20.9 Å². The van der Waals surface area contributed by atoms with E-state index in [1.165, 1.54) is 0 Å². The summed E-state index contributed by atoms with van der Waals surface area (Å²) in [7, 11) is 0. The predicted octanol–water partition coefficient (Wildman–Crippen LogP) is 7.54. The van der Waals surface area contributed by atoms with E-state index in [9.17, 15) is 9.59 Å². The van der Waals surface area contributed by atoms with E-state index < -0.39 is 0 Å². The maximum atomic E-state index is 12.6. The molecule has 4 aromatic carbocycles. The highest BCUT2D eigenvalue weighted by atomic mass is 32.1. The van der Waals surface area contributed by atoms with Crippen molar-refractivity contribution in [3.05, 3.63) is 144 Å². The van der Waals surface area contributed by atoms with Crippen LogP contribution in [-0.2, 0) is 0 Å². The highest BCUT2D eigenvalue weighted by Gasteiger charge is 2.11. The lowest BCUT2D eigenvalue weighted by Crippen LogP contribution is -2.00. The summed E-state index contributed by atoms with van der Waals surface area (Å²) < 4.78 is 0. The normalized spacial score (nSPS) is 10.7. The molecule has 0 N–H and O–H groups in total. The molecule has 0 fully saturated rings. The minimum atomic E-state index is 0.0270. The van der Waals surface area contributed by atoms with Crippen molar-refractivity contribution in [1.29, 1.82) is 0 Å². The summed E-state index contributed by atoms with van der Waals surface area (Å²) >= 11 is 1.69. The molecule has 5 aromatic rings. The van der Waals surface area contributed by atoms with Crippen LogP contribution in [0.1, 0.15) is 31.8 Å². The molecule has 2 nitrogen and oxygen atoms in total. The fraction of sp³-hybridized carbons (Fsp3) is 0. The van der Waals surface area contributed by atoms with Crippen molar-refractivity contribution in [2.45, 2.75) is 0 Å². The molecule has 0 amide bonds. The van der Waals surface area contributed by atoms with E-state index in [1.807, 2.05) is 109 Å². The number of ketones is 2. The fourth-order valence-electron chi connectivity index (χ4n) is 3.73. The minimum absolute atomic E-state index is 0.0270. The van der Waals surface area contributed by atoms with Crippen LogP contribution in [0.25, 0.3) is 20.9 Å². The van der Waals surface area contributed by atoms with Gasteiger partial charge in [0.15, 0.2) is 11.6 Å². The van der Waals surface area contributed by atoms with Crippen molar-refractivity contribution in [2.75, 3.05) is 0 Å². The Labute approximate surface area is 196 Å². The summed E-state index contributed by atoms with van der Waals surface area (Å²) in [5, 5.41) is 0. The molecule has 0 radical (unpaired) electrons. The van der Waals surface area contributed by atoms with Crippen LogP contribution in [0.4, 0.5) is 0 Å². The van der Waals surface area contributed by atoms with Gasteiger partial charge in [0.2, 0.25) is 0 Å². The Balaban J connectivity index is 1.33. The highest BCUT2D eigenvalue weighted by Crippen LogP contribution is 2.35. The lowest BCUT2D eigenvalue weighted by Gasteiger charge is -2.04. The van der Waals surface area contributed by atoms with E-state index in [4.69, 9.17) is 0 Å². The molecule has 0 spiro atoms. The third-order valence-corrected chi connectivity index (χ3v) is 6.72. The van der Waals surface area contributed by atoms with Crippen LogP contribution in [0.15, 0.2) is 121 Å². The number of carbonyl (C=O) groups excluding carboxylic acids is 2. The van der Waals surface area contributed by atoms with Gasteiger partial charge in [-0.25, -0.2) is 0 Å². The lowest BCUT2D eigenvalue weighted by molar-refractivity contribution is 0.103. The number of benzene rings is 4. The standard InChI is InChI=1S/C30H20O2S/c31-29(23-7-3-1-4-8-23)25-15-11-21(12-16-25)27-19-20-28(33-27)22-13-17-26(18-14-22)30(32)24-9-5-2-6-10-24/h1-20H. The zero-order valence-electron chi connectivity index (χ0n) is 17.8. The van der Waals surface area contributed by atoms with Crippen molar-refractivity contribution >= 4 is 22.9 Å². The van der Waals surface area contributed by atoms with Crippen LogP contribution in [-0.4, -0.2) is 11.6 Å². The van der Waals surface area contributed by atoms with Gasteiger partial charge in [0.25, 0.3) is 0 Å². The zero-order chi connectivity index (χ0) is 22.6. The monoisotopic (exact) mass is 444 g/mol. The van der Waals surface area contributed by atoms with E-state index >= 15 is 0 Å². The zero-order valence-corrected chi connectivity index (χ0v) is 18.6. The van der Waals surface area contributed by atoms with Crippen molar-refractivity contribution in [3.63, 3.8) is 0 Å². The minimum Gasteiger partial charge on any atom is -0.289 e. The lowest BCUT2D eigenvalue weighted by atomic mass is 10.0. The molecule has 0 atom stereocenters. The predicted molar refractivity (Wildman–Crippen MR) is 135 cm³/mol. The second-order valence-corrected chi connectivity index (χ2v) is 8.79. The van der Waals surface area contributed by atoms with Gasteiger partial charge in [-0.15, -0.1) is 11.3 Å². The van der Waals surface area contributed by atoms with Crippen LogP contribution in [0.2, 0.25) is 0 Å². The molecule has 33 heavy (non-hydrogen) atoms. The van der Waals surface area contributed by atoms with Gasteiger partial charge in [-0.1, -0.05) is 109 Å². The van der Waals surface area contributed by atoms with Gasteiger partial charge in [-0.2, -0.15) is 0 Å². The number of carbonyl (C=O) groups is 2. The van der Waals surface area contributed by atoms with Crippen molar-refractivity contribution in [2.24, 2.45) is 0 Å². The van der Waals surface area contributed by atoms with Gasteiger partial charge in [-0.05, 0) is 23.3 Å². The van der Waals surface area contributed by atoms with Gasteiger partial charge in [0.1, 0.15) is 0 Å². The van der Waals surface area contributed by atoms with Crippen molar-refractivity contribution in [3.8, 4) is 20.9 Å². The smallest absolute Gasteiger partial charge is 0.193 e. The van der Waals surface area contributed by atoms with Crippen molar-refractivity contribution in [1.82, 2.24) is 0 Å². The second kappa shape index (κ2) is 9.19. The average Bonchev–Trinajstić information content (AvgIpc) is 3.39. The molecular formula is C30H20O2S. The van der Waals surface area contributed by atoms with Crippen LogP contribution in [0.5, 0.6) is 0 Å². The fourth-order valence-corrected chi connectivity index (χ4v) is 4.75. The van der Waals surface area contributed by atoms with Crippen LogP contribution in [0.3, 0.4) is 0 Å². The number of hydrogen-bond donors (Lipinski definition) is 0. The summed E-state index contributed by atoms with van der Waals surface area (Å²) in [6.07, 6.45) is 0. The van der Waals surface area contributed by atoms with E-state index in [2.05, 4.69) is 12.1 Å². The van der Waals surface area contributed by atoms with Crippen LogP contribution in [0, 0.1) is 0 Å². The summed E-state index contributed by atoms with van der Waals surface area (Å²) in [4.78, 5) is 27.5. The Bertz CT molecular complexity index is 1290. The number of hydrogen-bond acceptors (Lipinski definition) is 3. The largest absolute Gasteiger partial charge is 0.289 e. The van der Waals surface area contributed by atoms with Gasteiger partial charge >= 0.3 is 0 Å². The van der Waals surface area contributed by atoms with E-state index in [0.29, 0.717) is 22.3 Å². The topological polar surface area (TPSA) is 34.1 Å². The molecular weight excluding hydrogens is 424 g/mol. The first-order chi connectivity index (χ1) is 16.2. The molecule has 1 heterocycles. The summed E-state index contributed by atoms with van der Waals surface area (Å²) in [5.41, 5.74) is 4.90. The second-order valence-electron chi connectivity index (χ2n) is 7.71. The molecule has 0 bridgehead atoms. The molecule has 0 aliphatic rings. The van der Waals surface area contributed by atoms with E-state index in [-0.39, 0.29) is 11.6 Å². The summed E-state index contributed by atoms with van der Waals surface area (Å²) in [6.45, 7) is 0. The molecule has 0 aliphatic carbocycles. The molecule has 5 rings (SSSR count). The first-order valence-corrected chi connectivity index (χ1v) is 11.5. The summed E-state index contributed by atoms with van der Waals surface area (Å²) in [6, 6.07) is 38.3. The molecule has 0 aliphatic heterocycles. The Morgan fingerprint density at radius 2 is 0.727 bits per heavy atom. The highest BCUT2D eigenvalue weighted by molar-refractivity contribution is 7.18. The number of thiophene rings is 1. The third-order valence-electron chi connectivity index (χ3n) is 5.54. The summed E-state index contributed by atoms with van der Waals surface area (Å²) in [5.74, 6) is 0.0540. The van der Waals surface area contributed by atoms with Crippen LogP contribution < -0.4 is 0 Å². The quantitative estimate of drug-likeness (QED) is 0.253. The molecule has 158 valence electrons. The molecule has 1 aromatic heterocycles. The molecule has 0 saturated carbocycles. The first-order valence-electron chi connectivity index (χ1n) is 10.7. The van der Waals surface area contributed by atoms with Gasteiger partial charge in [0.05, 0.1) is 0 Å². The first kappa shape index (κ1) is 20.8. The Hall–Kier alpha value is -4.08. The van der Waals surface area contributed by atoms with Crippen molar-refractivity contribution < 1.29 is 9.59 Å². The maximum absolute atomic E-state index is 12.6. The van der Waals surface area contributed by atoms with Gasteiger partial charge in [-0.3, -0.25) is 9.59 Å². The van der Waals surface area contributed by atoms with Gasteiger partial charge < -0.3 is 0 Å². The average molecular weight is 445 g/mol. The van der Waals surface area contributed by atoms with Gasteiger partial charge in [0, 0.05) is 32.0 Å². The molecule has 0 saturated heterocycles. The SMILES string of the molecule is O=C(c1ccccc1)c1ccc(-c2ccc(-c3ccc(C(=O)c4ccccc4)cc3)s2)cc1. The Morgan fingerprint density at radius 3 is 1.09 bits per heavy atom. The Kier molecular flexibility index (Phi) is 5.79. The number of rotatable bonds is 6. The molecule has 3 heteroatoms. The Morgan fingerprint density at radius 1 is 0.394 bits per heavy atom. The maximum Gasteiger partial charge on any atom is 0.193 e. The van der Waals surface area contributed by atoms with Crippen LogP contribution >= 0.6 is 11.3 Å².